The number of hydrogen-bond acceptors (Lipinski definition) is 4. The van der Waals surface area contributed by atoms with Crippen LogP contribution in [0.25, 0.3) is 0 Å². The summed E-state index contributed by atoms with van der Waals surface area (Å²) >= 11 is 0. The molecule has 0 fully saturated rings. The number of amides is 2. The molecule has 0 bridgehead atoms. The van der Waals surface area contributed by atoms with Crippen LogP contribution in [-0.4, -0.2) is 25.0 Å². The van der Waals surface area contributed by atoms with E-state index in [9.17, 15) is 9.59 Å². The van der Waals surface area contributed by atoms with Crippen LogP contribution in [0.15, 0.2) is 48.5 Å². The number of anilines is 2. The summed E-state index contributed by atoms with van der Waals surface area (Å²) in [4.78, 5) is 23.9. The number of hydrogen-bond donors (Lipinski definition) is 3. The SMILES string of the molecule is Cc1ccc(NC(=O)CCOc2ccccc2)c(NC(=O)CCN)c1. The summed E-state index contributed by atoms with van der Waals surface area (Å²) in [6.07, 6.45) is 0.436. The maximum Gasteiger partial charge on any atom is 0.227 e. The lowest BCUT2D eigenvalue weighted by Gasteiger charge is -2.13. The minimum Gasteiger partial charge on any atom is -0.493 e. The summed E-state index contributed by atoms with van der Waals surface area (Å²) in [7, 11) is 0. The quantitative estimate of drug-likeness (QED) is 0.688. The third-order valence-electron chi connectivity index (χ3n) is 3.44. The molecule has 0 aromatic heterocycles. The van der Waals surface area contributed by atoms with Crippen molar-refractivity contribution in [2.75, 3.05) is 23.8 Å². The van der Waals surface area contributed by atoms with Gasteiger partial charge in [0.05, 0.1) is 24.4 Å². The largest absolute Gasteiger partial charge is 0.493 e. The zero-order valence-electron chi connectivity index (χ0n) is 14.2. The standard InChI is InChI=1S/C19H23N3O3/c1-14-7-8-16(17(13-14)22-18(23)9-11-20)21-19(24)10-12-25-15-5-3-2-4-6-15/h2-8,13H,9-12,20H2,1H3,(H,21,24)(H,22,23). The first-order chi connectivity index (χ1) is 12.1. The molecular formula is C19H23N3O3. The molecule has 4 N–H and O–H groups in total. The minimum absolute atomic E-state index is 0.184. The molecule has 2 aromatic carbocycles. The molecule has 0 aliphatic carbocycles. The van der Waals surface area contributed by atoms with Crippen LogP contribution in [0, 0.1) is 6.92 Å². The number of carbonyl (C=O) groups is 2. The molecule has 0 saturated heterocycles. The lowest BCUT2D eigenvalue weighted by atomic mass is 10.2. The van der Waals surface area contributed by atoms with Gasteiger partial charge in [0.25, 0.3) is 0 Å². The van der Waals surface area contributed by atoms with Crippen LogP contribution in [0.4, 0.5) is 11.4 Å². The van der Waals surface area contributed by atoms with E-state index in [1.165, 1.54) is 0 Å². The summed E-state index contributed by atoms with van der Waals surface area (Å²) in [5.74, 6) is 0.352. The summed E-state index contributed by atoms with van der Waals surface area (Å²) in [5, 5.41) is 5.58. The van der Waals surface area contributed by atoms with Crippen LogP contribution in [0.2, 0.25) is 0 Å². The smallest absolute Gasteiger partial charge is 0.227 e. The Labute approximate surface area is 147 Å². The van der Waals surface area contributed by atoms with Crippen molar-refractivity contribution >= 4 is 23.2 Å². The average molecular weight is 341 g/mol. The van der Waals surface area contributed by atoms with Gasteiger partial charge in [-0.1, -0.05) is 24.3 Å². The van der Waals surface area contributed by atoms with Gasteiger partial charge in [0, 0.05) is 13.0 Å². The Hall–Kier alpha value is -2.86. The van der Waals surface area contributed by atoms with E-state index in [1.54, 1.807) is 6.07 Å². The third-order valence-corrected chi connectivity index (χ3v) is 3.44. The monoisotopic (exact) mass is 341 g/mol. The van der Waals surface area contributed by atoms with Crippen molar-refractivity contribution in [1.82, 2.24) is 0 Å². The molecule has 0 heterocycles. The molecule has 0 spiro atoms. The van der Waals surface area contributed by atoms with E-state index in [1.807, 2.05) is 49.4 Å². The van der Waals surface area contributed by atoms with Crippen LogP contribution in [0.1, 0.15) is 18.4 Å². The van der Waals surface area contributed by atoms with E-state index >= 15 is 0 Å². The van der Waals surface area contributed by atoms with Gasteiger partial charge in [-0.2, -0.15) is 0 Å². The lowest BCUT2D eigenvalue weighted by Crippen LogP contribution is -2.19. The van der Waals surface area contributed by atoms with Gasteiger partial charge < -0.3 is 21.1 Å². The Morgan fingerprint density at radius 2 is 1.64 bits per heavy atom. The van der Waals surface area contributed by atoms with Crippen LogP contribution < -0.4 is 21.1 Å². The molecule has 6 heteroatoms. The lowest BCUT2D eigenvalue weighted by molar-refractivity contribution is -0.117. The van der Waals surface area contributed by atoms with Crippen molar-refractivity contribution in [3.63, 3.8) is 0 Å². The molecule has 2 rings (SSSR count). The molecule has 0 aliphatic heterocycles. The molecular weight excluding hydrogens is 318 g/mol. The van der Waals surface area contributed by atoms with Crippen molar-refractivity contribution in [3.05, 3.63) is 54.1 Å². The second-order valence-electron chi connectivity index (χ2n) is 5.60. The fraction of sp³-hybridized carbons (Fsp3) is 0.263. The maximum absolute atomic E-state index is 12.1. The highest BCUT2D eigenvalue weighted by Crippen LogP contribution is 2.23. The second kappa shape index (κ2) is 9.44. The maximum atomic E-state index is 12.1. The fourth-order valence-corrected chi connectivity index (χ4v) is 2.21. The minimum atomic E-state index is -0.186. The first-order valence-electron chi connectivity index (χ1n) is 8.17. The van der Waals surface area contributed by atoms with Gasteiger partial charge in [0.15, 0.2) is 0 Å². The number of benzene rings is 2. The van der Waals surface area contributed by atoms with Crippen molar-refractivity contribution in [2.24, 2.45) is 5.73 Å². The number of para-hydroxylation sites is 1. The number of carbonyl (C=O) groups excluding carboxylic acids is 2. The molecule has 6 nitrogen and oxygen atoms in total. The summed E-state index contributed by atoms with van der Waals surface area (Å²) in [6.45, 7) is 2.46. The summed E-state index contributed by atoms with van der Waals surface area (Å²) in [6, 6.07) is 14.8. The second-order valence-corrected chi connectivity index (χ2v) is 5.60. The Morgan fingerprint density at radius 1 is 0.960 bits per heavy atom. The molecule has 2 aromatic rings. The Morgan fingerprint density at radius 3 is 2.36 bits per heavy atom. The Kier molecular flexibility index (Phi) is 6.98. The highest BCUT2D eigenvalue weighted by atomic mass is 16.5. The molecule has 132 valence electrons. The predicted octanol–water partition coefficient (Wildman–Crippen LogP) is 2.69. The highest BCUT2D eigenvalue weighted by molar-refractivity contribution is 5.99. The van der Waals surface area contributed by atoms with E-state index in [2.05, 4.69) is 10.6 Å². The normalized spacial score (nSPS) is 10.2. The average Bonchev–Trinajstić information content (AvgIpc) is 2.58. The first-order valence-corrected chi connectivity index (χ1v) is 8.17. The van der Waals surface area contributed by atoms with E-state index in [4.69, 9.17) is 10.5 Å². The molecule has 0 atom stereocenters. The van der Waals surface area contributed by atoms with Gasteiger partial charge in [-0.3, -0.25) is 9.59 Å². The topological polar surface area (TPSA) is 93.5 Å². The van der Waals surface area contributed by atoms with Crippen LogP contribution in [0.5, 0.6) is 5.75 Å². The van der Waals surface area contributed by atoms with E-state index in [0.717, 1.165) is 11.3 Å². The Balaban J connectivity index is 1.92. The molecule has 0 saturated carbocycles. The number of ether oxygens (including phenoxy) is 1. The van der Waals surface area contributed by atoms with E-state index in [0.29, 0.717) is 11.4 Å². The fourth-order valence-electron chi connectivity index (χ4n) is 2.21. The number of nitrogens with two attached hydrogens (primary N) is 1. The van der Waals surface area contributed by atoms with E-state index < -0.39 is 0 Å². The van der Waals surface area contributed by atoms with Gasteiger partial charge in [-0.25, -0.2) is 0 Å². The zero-order valence-corrected chi connectivity index (χ0v) is 14.2. The molecule has 25 heavy (non-hydrogen) atoms. The molecule has 2 amide bonds. The predicted molar refractivity (Wildman–Crippen MR) is 98.7 cm³/mol. The van der Waals surface area contributed by atoms with Crippen molar-refractivity contribution in [1.29, 1.82) is 0 Å². The van der Waals surface area contributed by atoms with Gasteiger partial charge >= 0.3 is 0 Å². The van der Waals surface area contributed by atoms with Crippen molar-refractivity contribution in [3.8, 4) is 5.75 Å². The summed E-state index contributed by atoms with van der Waals surface area (Å²) in [5.41, 5.74) is 7.49. The molecule has 0 unspecified atom stereocenters. The number of rotatable bonds is 8. The number of aryl methyl sites for hydroxylation is 1. The van der Waals surface area contributed by atoms with Crippen LogP contribution >= 0.6 is 0 Å². The van der Waals surface area contributed by atoms with E-state index in [-0.39, 0.29) is 37.8 Å². The van der Waals surface area contributed by atoms with Gasteiger partial charge in [-0.05, 0) is 36.8 Å². The molecule has 0 radical (unpaired) electrons. The molecule has 0 aliphatic rings. The number of nitrogens with one attached hydrogen (secondary N) is 2. The van der Waals surface area contributed by atoms with Gasteiger partial charge in [0.1, 0.15) is 5.75 Å². The third kappa shape index (κ3) is 6.27. The van der Waals surface area contributed by atoms with Crippen molar-refractivity contribution < 1.29 is 14.3 Å². The first kappa shape index (κ1) is 18.5. The Bertz CT molecular complexity index is 717. The zero-order chi connectivity index (χ0) is 18.1. The summed E-state index contributed by atoms with van der Waals surface area (Å²) < 4.78 is 5.52. The van der Waals surface area contributed by atoms with Crippen LogP contribution in [-0.2, 0) is 9.59 Å². The van der Waals surface area contributed by atoms with Gasteiger partial charge in [0.2, 0.25) is 11.8 Å². The van der Waals surface area contributed by atoms with Gasteiger partial charge in [-0.15, -0.1) is 0 Å². The highest BCUT2D eigenvalue weighted by Gasteiger charge is 2.10. The van der Waals surface area contributed by atoms with Crippen LogP contribution in [0.3, 0.4) is 0 Å². The van der Waals surface area contributed by atoms with Crippen molar-refractivity contribution in [2.45, 2.75) is 19.8 Å².